The fourth-order valence-electron chi connectivity index (χ4n) is 4.40. The Bertz CT molecular complexity index is 1510. The van der Waals surface area contributed by atoms with Gasteiger partial charge in [0.05, 0.1) is 0 Å². The molecule has 0 saturated carbocycles. The van der Waals surface area contributed by atoms with Crippen LogP contribution in [0.4, 0.5) is 5.13 Å². The number of oxime groups is 1. The molecule has 3 N–H and O–H groups in total. The first-order valence-electron chi connectivity index (χ1n) is 12.2. The molecule has 1 unspecified atom stereocenters. The van der Waals surface area contributed by atoms with E-state index in [0.29, 0.717) is 11.3 Å². The van der Waals surface area contributed by atoms with Gasteiger partial charge in [-0.2, -0.15) is 9.36 Å². The van der Waals surface area contributed by atoms with Crippen molar-refractivity contribution in [1.29, 1.82) is 0 Å². The summed E-state index contributed by atoms with van der Waals surface area (Å²) in [5.74, 6) is -1.60. The van der Waals surface area contributed by atoms with Gasteiger partial charge in [0.2, 0.25) is 11.5 Å². The number of nitrogens with two attached hydrogens (primary N) is 1. The number of halogens is 1. The van der Waals surface area contributed by atoms with Crippen molar-refractivity contribution < 1.29 is 24.0 Å². The number of anilines is 1. The maximum absolute atomic E-state index is 13.8. The molecule has 2 amide bonds. The number of hydrogen-bond donors (Lipinski definition) is 2. The van der Waals surface area contributed by atoms with Gasteiger partial charge in [0, 0.05) is 22.8 Å². The van der Waals surface area contributed by atoms with Crippen LogP contribution in [0.5, 0.6) is 0 Å². The predicted octanol–water partition coefficient (Wildman–Crippen LogP) is 3.21. The number of rotatable bonds is 9. The van der Waals surface area contributed by atoms with E-state index in [2.05, 4.69) is 19.8 Å². The molecule has 1 saturated heterocycles. The summed E-state index contributed by atoms with van der Waals surface area (Å²) in [4.78, 5) is 50.3. The van der Waals surface area contributed by atoms with Crippen LogP contribution < -0.4 is 11.1 Å². The minimum Gasteiger partial charge on any atom is -0.448 e. The Balaban J connectivity index is 1.40. The Hall–Kier alpha value is -4.20. The maximum Gasteiger partial charge on any atom is 0.356 e. The Labute approximate surface area is 248 Å². The highest BCUT2D eigenvalue weighted by Gasteiger charge is 2.54. The summed E-state index contributed by atoms with van der Waals surface area (Å²) in [5, 5.41) is 5.93. The number of nitrogens with zero attached hydrogens (tertiary/aromatic N) is 4. The zero-order chi connectivity index (χ0) is 28.9. The third kappa shape index (κ3) is 5.82. The zero-order valence-electron chi connectivity index (χ0n) is 21.5. The normalized spacial score (nSPS) is 18.8. The van der Waals surface area contributed by atoms with Crippen LogP contribution in [0.25, 0.3) is 0 Å². The van der Waals surface area contributed by atoms with E-state index in [0.717, 1.165) is 22.7 Å². The van der Waals surface area contributed by atoms with E-state index < -0.39 is 35.3 Å². The highest BCUT2D eigenvalue weighted by atomic mass is 35.5. The van der Waals surface area contributed by atoms with Gasteiger partial charge >= 0.3 is 5.97 Å². The van der Waals surface area contributed by atoms with E-state index >= 15 is 0 Å². The van der Waals surface area contributed by atoms with E-state index in [1.54, 1.807) is 6.08 Å². The number of allylic oxidation sites excluding steroid dienone is 1. The largest absolute Gasteiger partial charge is 0.448 e. The molecule has 14 heteroatoms. The molecule has 2 atom stereocenters. The van der Waals surface area contributed by atoms with Gasteiger partial charge in [-0.15, -0.1) is 11.8 Å². The van der Waals surface area contributed by atoms with Crippen molar-refractivity contribution in [3.63, 3.8) is 0 Å². The number of nitrogen functional groups attached to an aromatic ring is 1. The Kier molecular flexibility index (Phi) is 8.67. The molecule has 11 nitrogen and oxygen atoms in total. The molecular weight excluding hydrogens is 588 g/mol. The summed E-state index contributed by atoms with van der Waals surface area (Å²) >= 11 is 8.14. The fourth-order valence-corrected chi connectivity index (χ4v) is 6.30. The second-order valence-corrected chi connectivity index (χ2v) is 10.9. The molecule has 3 heterocycles. The summed E-state index contributed by atoms with van der Waals surface area (Å²) in [6.45, 7) is 0. The summed E-state index contributed by atoms with van der Waals surface area (Å²) in [5.41, 5.74) is 8.81. The number of amides is 2. The number of ether oxygens (including phenoxy) is 1. The number of carbonyl (C=O) groups excluding carboxylic acids is 3. The van der Waals surface area contributed by atoms with E-state index in [-0.39, 0.29) is 22.4 Å². The highest BCUT2D eigenvalue weighted by Crippen LogP contribution is 2.42. The lowest BCUT2D eigenvalue weighted by Gasteiger charge is -2.49. The van der Waals surface area contributed by atoms with Crippen molar-refractivity contribution in [2.24, 2.45) is 5.16 Å². The standard InChI is InChI=1S/C27H23ClN6O5S2/c1-38-32-18(22-31-27(29)41-33-22)23(35)30-19-24(36)34-20(17(12-13-28)14-40-25(19)34)26(37)39-21(15-8-4-2-5-9-15)16-10-6-3-7-11-16/h2-13,19,21,25H,14H2,1H3,(H,30,35)(H2,29,31,33)/b13-12+,32-18?/t19?,25-/m1/s1. The molecule has 1 fully saturated rings. The molecule has 2 aromatic carbocycles. The second kappa shape index (κ2) is 12.5. The average Bonchev–Trinajstić information content (AvgIpc) is 3.43. The van der Waals surface area contributed by atoms with Gasteiger partial charge in [-0.1, -0.05) is 77.4 Å². The number of thioether (sulfide) groups is 1. The summed E-state index contributed by atoms with van der Waals surface area (Å²) in [6.07, 6.45) is 0.840. The lowest BCUT2D eigenvalue weighted by molar-refractivity contribution is -0.154. The van der Waals surface area contributed by atoms with Gasteiger partial charge in [-0.05, 0) is 22.8 Å². The highest BCUT2D eigenvalue weighted by molar-refractivity contribution is 8.00. The number of fused-ring (bicyclic) bond motifs is 1. The molecule has 41 heavy (non-hydrogen) atoms. The van der Waals surface area contributed by atoms with E-state index in [1.165, 1.54) is 29.3 Å². The molecule has 0 aliphatic carbocycles. The first-order valence-corrected chi connectivity index (χ1v) is 14.5. The van der Waals surface area contributed by atoms with Crippen molar-refractivity contribution in [1.82, 2.24) is 19.6 Å². The van der Waals surface area contributed by atoms with E-state index in [9.17, 15) is 14.4 Å². The predicted molar refractivity (Wildman–Crippen MR) is 156 cm³/mol. The number of esters is 1. The number of aromatic nitrogens is 2. The molecule has 0 bridgehead atoms. The molecule has 210 valence electrons. The summed E-state index contributed by atoms with van der Waals surface area (Å²) < 4.78 is 10.1. The second-order valence-electron chi connectivity index (χ2n) is 8.71. The minimum atomic E-state index is -0.950. The van der Waals surface area contributed by atoms with Crippen molar-refractivity contribution >= 4 is 63.5 Å². The maximum atomic E-state index is 13.8. The van der Waals surface area contributed by atoms with E-state index in [1.807, 2.05) is 60.7 Å². The number of hydrogen-bond acceptors (Lipinski definition) is 11. The van der Waals surface area contributed by atoms with Gasteiger partial charge in [0.25, 0.3) is 11.8 Å². The van der Waals surface area contributed by atoms with Gasteiger partial charge in [0.1, 0.15) is 24.2 Å². The summed E-state index contributed by atoms with van der Waals surface area (Å²) in [6, 6.07) is 17.7. The van der Waals surface area contributed by atoms with Crippen LogP contribution in [-0.4, -0.2) is 62.0 Å². The Morgan fingerprint density at radius 3 is 2.39 bits per heavy atom. The SMILES string of the molecule is CON=C(C(=O)NC1C(=O)N2C(C(=O)OC(c3ccccc3)c3ccccc3)=C(/C=C/Cl)CS[C@H]12)c1nsc(N)n1. The van der Waals surface area contributed by atoms with Crippen LogP contribution in [0.15, 0.2) is 88.7 Å². The fraction of sp³-hybridized carbons (Fsp3) is 0.185. The van der Waals surface area contributed by atoms with Crippen molar-refractivity contribution in [2.45, 2.75) is 17.5 Å². The first kappa shape index (κ1) is 28.3. The van der Waals surface area contributed by atoms with Crippen LogP contribution in [-0.2, 0) is 24.0 Å². The van der Waals surface area contributed by atoms with Gasteiger partial charge in [-0.3, -0.25) is 14.5 Å². The Morgan fingerprint density at radius 1 is 1.17 bits per heavy atom. The molecule has 3 aromatic rings. The average molecular weight is 611 g/mol. The molecule has 2 aliphatic heterocycles. The smallest absolute Gasteiger partial charge is 0.356 e. The number of benzene rings is 2. The zero-order valence-corrected chi connectivity index (χ0v) is 23.9. The lowest BCUT2D eigenvalue weighted by Crippen LogP contribution is -2.71. The molecule has 5 rings (SSSR count). The number of nitrogens with one attached hydrogen (secondary N) is 1. The van der Waals surface area contributed by atoms with Crippen LogP contribution >= 0.6 is 34.9 Å². The van der Waals surface area contributed by atoms with Crippen molar-refractivity contribution in [3.8, 4) is 0 Å². The van der Waals surface area contributed by atoms with Gasteiger partial charge in [-0.25, -0.2) is 4.79 Å². The quantitative estimate of drug-likeness (QED) is 0.161. The molecule has 1 aromatic heterocycles. The van der Waals surface area contributed by atoms with Crippen LogP contribution in [0, 0.1) is 0 Å². The topological polar surface area (TPSA) is 149 Å². The molecular formula is C27H23ClN6O5S2. The van der Waals surface area contributed by atoms with Crippen LogP contribution in [0.3, 0.4) is 0 Å². The van der Waals surface area contributed by atoms with Gasteiger partial charge < -0.3 is 20.6 Å². The van der Waals surface area contributed by atoms with Crippen LogP contribution in [0.1, 0.15) is 23.1 Å². The number of carbonyl (C=O) groups is 3. The minimum absolute atomic E-state index is 0.0293. The molecule has 0 radical (unpaired) electrons. The third-order valence-corrected chi connectivity index (χ3v) is 8.19. The number of β-lactam (4-membered cyclic amide) rings is 1. The first-order chi connectivity index (χ1) is 19.9. The molecule has 0 spiro atoms. The van der Waals surface area contributed by atoms with E-state index in [4.69, 9.17) is 26.9 Å². The van der Waals surface area contributed by atoms with Crippen molar-refractivity contribution in [3.05, 3.63) is 100 Å². The molecule has 2 aliphatic rings. The van der Waals surface area contributed by atoms with Crippen molar-refractivity contribution in [2.75, 3.05) is 18.6 Å². The third-order valence-electron chi connectivity index (χ3n) is 6.22. The summed E-state index contributed by atoms with van der Waals surface area (Å²) in [7, 11) is 1.27. The van der Waals surface area contributed by atoms with Gasteiger partial charge in [0.15, 0.2) is 11.2 Å². The van der Waals surface area contributed by atoms with Crippen LogP contribution in [0.2, 0.25) is 0 Å². The Morgan fingerprint density at radius 2 is 1.83 bits per heavy atom. The monoisotopic (exact) mass is 610 g/mol. The lowest BCUT2D eigenvalue weighted by atomic mass is 10.0.